The molecule has 11 heteroatoms. The number of carbonyl (C=O) groups excluding carboxylic acids is 4. The van der Waals surface area contributed by atoms with Gasteiger partial charge in [0.25, 0.3) is 0 Å². The zero-order valence-corrected chi connectivity index (χ0v) is 25.4. The maximum Gasteiger partial charge on any atom is 0.246 e. The standard InChI is InChI=1S/C30H50N4O7/c1-22(2)26(35)31-12-9-15-39-19-30(18-34-29(38)25(7)8,20-40-16-10-13-32-27(36)23(3)4)21-41-17-11-14-33-28(37)24(5)6/h1,3,5,7,9-21H2,2,4,6,8H3,(H,31,35)(H,32,36)(H,33,37)(H,34,38). The molecule has 0 aromatic heterocycles. The van der Waals surface area contributed by atoms with Gasteiger partial charge in [-0.15, -0.1) is 0 Å². The van der Waals surface area contributed by atoms with E-state index in [0.29, 0.717) is 81.0 Å². The first-order valence-corrected chi connectivity index (χ1v) is 13.8. The molecule has 0 saturated carbocycles. The van der Waals surface area contributed by atoms with Gasteiger partial charge in [0.05, 0.1) is 25.2 Å². The highest BCUT2D eigenvalue weighted by molar-refractivity contribution is 5.93. The van der Waals surface area contributed by atoms with E-state index in [1.165, 1.54) is 0 Å². The topological polar surface area (TPSA) is 144 Å². The molecule has 0 aliphatic rings. The lowest BCUT2D eigenvalue weighted by Gasteiger charge is -2.33. The fourth-order valence-electron chi connectivity index (χ4n) is 3.14. The lowest BCUT2D eigenvalue weighted by atomic mass is 9.90. The monoisotopic (exact) mass is 578 g/mol. The van der Waals surface area contributed by atoms with Crippen molar-refractivity contribution in [1.82, 2.24) is 21.3 Å². The van der Waals surface area contributed by atoms with E-state index in [-0.39, 0.29) is 50.0 Å². The van der Waals surface area contributed by atoms with Crippen LogP contribution in [-0.2, 0) is 33.4 Å². The van der Waals surface area contributed by atoms with Crippen LogP contribution in [0.1, 0.15) is 47.0 Å². The van der Waals surface area contributed by atoms with Gasteiger partial charge >= 0.3 is 0 Å². The van der Waals surface area contributed by atoms with Gasteiger partial charge in [-0.3, -0.25) is 19.2 Å². The van der Waals surface area contributed by atoms with Crippen LogP contribution in [0.5, 0.6) is 0 Å². The smallest absolute Gasteiger partial charge is 0.246 e. The Balaban J connectivity index is 5.19. The summed E-state index contributed by atoms with van der Waals surface area (Å²) in [5.74, 6) is -0.908. The van der Waals surface area contributed by atoms with E-state index in [1.54, 1.807) is 27.7 Å². The molecule has 0 aromatic carbocycles. The Bertz CT molecular complexity index is 837. The van der Waals surface area contributed by atoms with Gasteiger partial charge in [0.1, 0.15) is 0 Å². The number of hydrogen-bond donors (Lipinski definition) is 4. The van der Waals surface area contributed by atoms with Crippen LogP contribution in [0.15, 0.2) is 48.6 Å². The van der Waals surface area contributed by atoms with Crippen molar-refractivity contribution in [3.63, 3.8) is 0 Å². The van der Waals surface area contributed by atoms with Gasteiger partial charge < -0.3 is 35.5 Å². The summed E-state index contributed by atoms with van der Waals surface area (Å²) in [5, 5.41) is 11.2. The first kappa shape index (κ1) is 37.7. The molecular weight excluding hydrogens is 528 g/mol. The average molecular weight is 579 g/mol. The van der Waals surface area contributed by atoms with Crippen LogP contribution in [0.25, 0.3) is 0 Å². The summed E-state index contributed by atoms with van der Waals surface area (Å²) in [7, 11) is 0. The summed E-state index contributed by atoms with van der Waals surface area (Å²) in [5.41, 5.74) is 0.951. The van der Waals surface area contributed by atoms with Crippen molar-refractivity contribution in [3.8, 4) is 0 Å². The van der Waals surface area contributed by atoms with E-state index in [0.717, 1.165) is 0 Å². The molecule has 0 aliphatic carbocycles. The SMILES string of the molecule is C=C(C)C(=O)NCCCOCC(CNC(=O)C(=C)C)(COCCCNC(=O)C(=C)C)COCCCNC(=O)C(=C)C. The molecule has 4 N–H and O–H groups in total. The lowest BCUT2D eigenvalue weighted by molar-refractivity contribution is -0.120. The van der Waals surface area contributed by atoms with Gasteiger partial charge in [-0.2, -0.15) is 0 Å². The highest BCUT2D eigenvalue weighted by atomic mass is 16.5. The molecule has 0 saturated heterocycles. The van der Waals surface area contributed by atoms with Crippen molar-refractivity contribution in [3.05, 3.63) is 48.6 Å². The highest BCUT2D eigenvalue weighted by Crippen LogP contribution is 2.20. The molecule has 41 heavy (non-hydrogen) atoms. The third-order valence-electron chi connectivity index (χ3n) is 5.65. The second-order valence-electron chi connectivity index (χ2n) is 10.3. The Morgan fingerprint density at radius 3 is 1.05 bits per heavy atom. The van der Waals surface area contributed by atoms with Crippen LogP contribution in [-0.4, -0.2) is 89.4 Å². The quantitative estimate of drug-likeness (QED) is 0.101. The summed E-state index contributed by atoms with van der Waals surface area (Å²) >= 11 is 0. The summed E-state index contributed by atoms with van der Waals surface area (Å²) in [6.07, 6.45) is 1.75. The molecule has 0 atom stereocenters. The van der Waals surface area contributed by atoms with Crippen LogP contribution >= 0.6 is 0 Å². The van der Waals surface area contributed by atoms with E-state index >= 15 is 0 Å². The number of carbonyl (C=O) groups is 4. The van der Waals surface area contributed by atoms with Gasteiger partial charge in [0, 0.05) is 68.3 Å². The maximum absolute atomic E-state index is 12.3. The zero-order chi connectivity index (χ0) is 31.3. The molecule has 0 aromatic rings. The minimum atomic E-state index is -0.728. The Morgan fingerprint density at radius 2 is 0.780 bits per heavy atom. The summed E-state index contributed by atoms with van der Waals surface area (Å²) in [6, 6.07) is 0. The minimum absolute atomic E-state index is 0.206. The molecule has 0 fully saturated rings. The third-order valence-corrected chi connectivity index (χ3v) is 5.65. The average Bonchev–Trinajstić information content (AvgIpc) is 2.91. The van der Waals surface area contributed by atoms with Crippen LogP contribution < -0.4 is 21.3 Å². The van der Waals surface area contributed by atoms with Gasteiger partial charge in [0.2, 0.25) is 23.6 Å². The summed E-state index contributed by atoms with van der Waals surface area (Å²) in [6.45, 7) is 24.4. The van der Waals surface area contributed by atoms with E-state index in [4.69, 9.17) is 14.2 Å². The minimum Gasteiger partial charge on any atom is -0.381 e. The van der Waals surface area contributed by atoms with Gasteiger partial charge in [-0.1, -0.05) is 26.3 Å². The van der Waals surface area contributed by atoms with Crippen LogP contribution in [0, 0.1) is 5.41 Å². The Kier molecular flexibility index (Phi) is 19.7. The van der Waals surface area contributed by atoms with Gasteiger partial charge in [-0.05, 0) is 47.0 Å². The largest absolute Gasteiger partial charge is 0.381 e. The molecule has 0 heterocycles. The molecule has 0 aliphatic heterocycles. The first-order valence-electron chi connectivity index (χ1n) is 13.8. The molecule has 11 nitrogen and oxygen atoms in total. The van der Waals surface area contributed by atoms with Crippen LogP contribution in [0.3, 0.4) is 0 Å². The van der Waals surface area contributed by atoms with E-state index in [2.05, 4.69) is 47.6 Å². The molecule has 0 bridgehead atoms. The first-order chi connectivity index (χ1) is 19.3. The summed E-state index contributed by atoms with van der Waals surface area (Å²) in [4.78, 5) is 47.4. The lowest BCUT2D eigenvalue weighted by Crippen LogP contribution is -2.47. The van der Waals surface area contributed by atoms with Crippen molar-refractivity contribution < 1.29 is 33.4 Å². The number of ether oxygens (including phenoxy) is 3. The van der Waals surface area contributed by atoms with Gasteiger partial charge in [0.15, 0.2) is 0 Å². The predicted octanol–water partition coefficient (Wildman–Crippen LogP) is 1.96. The second-order valence-corrected chi connectivity index (χ2v) is 10.3. The number of amides is 4. The van der Waals surface area contributed by atoms with Crippen molar-refractivity contribution in [1.29, 1.82) is 0 Å². The Morgan fingerprint density at radius 1 is 0.512 bits per heavy atom. The van der Waals surface area contributed by atoms with Crippen molar-refractivity contribution in [2.75, 3.05) is 65.8 Å². The number of hydrogen-bond acceptors (Lipinski definition) is 7. The molecule has 0 radical (unpaired) electrons. The van der Waals surface area contributed by atoms with E-state index in [1.807, 2.05) is 0 Å². The molecule has 0 rings (SSSR count). The Hall–Kier alpha value is -3.28. The second kappa shape index (κ2) is 21.5. The van der Waals surface area contributed by atoms with E-state index in [9.17, 15) is 19.2 Å². The number of rotatable bonds is 24. The third kappa shape index (κ3) is 18.6. The predicted molar refractivity (Wildman–Crippen MR) is 160 cm³/mol. The molecule has 0 unspecified atom stereocenters. The van der Waals surface area contributed by atoms with Crippen molar-refractivity contribution in [2.24, 2.45) is 5.41 Å². The van der Waals surface area contributed by atoms with Crippen LogP contribution in [0.4, 0.5) is 0 Å². The summed E-state index contributed by atoms with van der Waals surface area (Å²) < 4.78 is 17.9. The zero-order valence-electron chi connectivity index (χ0n) is 25.4. The van der Waals surface area contributed by atoms with Crippen molar-refractivity contribution >= 4 is 23.6 Å². The molecule has 0 spiro atoms. The number of nitrogens with one attached hydrogen (secondary N) is 4. The van der Waals surface area contributed by atoms with E-state index < -0.39 is 5.41 Å². The molecule has 4 amide bonds. The highest BCUT2D eigenvalue weighted by Gasteiger charge is 2.32. The molecule has 232 valence electrons. The molecular formula is C30H50N4O7. The normalized spacial score (nSPS) is 10.8. The maximum atomic E-state index is 12.3. The van der Waals surface area contributed by atoms with Crippen molar-refractivity contribution in [2.45, 2.75) is 47.0 Å². The van der Waals surface area contributed by atoms with Gasteiger partial charge in [-0.25, -0.2) is 0 Å². The Labute approximate surface area is 245 Å². The van der Waals surface area contributed by atoms with Crippen LogP contribution in [0.2, 0.25) is 0 Å². The fraction of sp³-hybridized carbons (Fsp3) is 0.600. The fourth-order valence-corrected chi connectivity index (χ4v) is 3.14.